The molecule has 2 aliphatic carbocycles. The van der Waals surface area contributed by atoms with E-state index in [4.69, 9.17) is 8.83 Å². The summed E-state index contributed by atoms with van der Waals surface area (Å²) in [6, 6.07) is 71.5. The van der Waals surface area contributed by atoms with E-state index >= 15 is 0 Å². The SMILES string of the molecule is CC.CC.CC.CC.CC.CC.CC.CC.CC.CC.CC.CC(C)(C)c1cc2ccccc2cn1.CC(C)(C)c1ccc2[nH]ncc2c1.CC(C)(C)c1ccc2c(c1)CCC2.CC(C)(C)c1ccc2c(c1)CCCC2.CC(C)(C)c1ccc2ccccc2c1.CC(C)(C)c1ccc2cn[nH]c2c1.CC(C)(C)c1ccc2ncoc2c1.CC(C)(C)c1ccc2ncsc2c1.CC(C)(C)c1ccc2ocnc2c1. The maximum atomic E-state index is 5.24. The van der Waals surface area contributed by atoms with Gasteiger partial charge in [-0.3, -0.25) is 15.2 Å². The zero-order chi connectivity index (χ0) is 109. The van der Waals surface area contributed by atoms with Crippen LogP contribution in [0.3, 0.4) is 0 Å². The van der Waals surface area contributed by atoms with Crippen molar-refractivity contribution in [2.24, 2.45) is 0 Å². The molecule has 2 N–H and O–H groups in total. The van der Waals surface area contributed by atoms with Crippen molar-refractivity contribution >= 4 is 87.1 Å². The lowest BCUT2D eigenvalue weighted by Crippen LogP contribution is -2.13. The van der Waals surface area contributed by atoms with Crippen LogP contribution in [-0.4, -0.2) is 40.3 Å². The van der Waals surface area contributed by atoms with E-state index in [1.807, 2.05) is 195 Å². The average Bonchev–Trinajstić information content (AvgIpc) is 1.80. The number of H-pyrrole nitrogens is 2. The highest BCUT2D eigenvalue weighted by Gasteiger charge is 2.23. The third-order valence-electron chi connectivity index (χ3n) is 22.4. The van der Waals surface area contributed by atoms with Crippen molar-refractivity contribution < 1.29 is 8.83 Å². The first-order valence-electron chi connectivity index (χ1n) is 54.1. The van der Waals surface area contributed by atoms with E-state index in [0.29, 0.717) is 10.8 Å². The van der Waals surface area contributed by atoms with Gasteiger partial charge in [-0.05, 0) is 232 Å². The van der Waals surface area contributed by atoms with Crippen molar-refractivity contribution in [1.82, 2.24) is 40.3 Å². The number of oxazole rings is 2. The summed E-state index contributed by atoms with van der Waals surface area (Å²) in [5, 5.41) is 21.4. The zero-order valence-electron chi connectivity index (χ0n) is 99.4. The molecule has 0 radical (unpaired) electrons. The van der Waals surface area contributed by atoms with Gasteiger partial charge in [0, 0.05) is 33.5 Å². The second-order valence-electron chi connectivity index (χ2n) is 41.7. The van der Waals surface area contributed by atoms with Gasteiger partial charge >= 0.3 is 0 Å². The number of hydrogen-bond acceptors (Lipinski definition) is 9. The molecular formula is C131H202N8O2S. The molecule has 0 fully saturated rings. The lowest BCUT2D eigenvalue weighted by atomic mass is 9.82. The number of aryl methyl sites for hydroxylation is 4. The van der Waals surface area contributed by atoms with Crippen molar-refractivity contribution in [3.8, 4) is 0 Å². The topological polar surface area (TPSA) is 135 Å². The standard InChI is InChI=1S/C14H20.C14H16.C13H15N.C13H18.2C11H14N2.2C11H13NO.C11H13NS.11C2H6/c2*1-14(2,3)13-9-8-11-6-4-5-7-12(11)10-13;1-13(2,3)12-8-10-6-4-5-7-11(10)9-14-12;1-13(2,3)12-8-7-10-5-4-6-11(10)9-12;1-11(2,3)9-4-5-10-8(6-9)7-12-13-10;1-11(2,3)9-5-4-8-7-12-13-10(8)6-9;1-11(2,3)8-4-5-10-9(6-8)12-7-13-10;2*1-11(2,3)8-4-5-9-10(6-8)13-7-12-9;11*1-2/h8-10H,4-7H2,1-3H3;4-10H,1-3H3;4-9H,1-3H3;7-9H,4-6H2,1-3H3;2*4-7H,1-3H3,(H,12,13);3*4-7H,1-3H3;11*1-2H3. The number of rotatable bonds is 0. The molecule has 18 rings (SSSR count). The van der Waals surface area contributed by atoms with E-state index in [9.17, 15) is 0 Å². The van der Waals surface area contributed by atoms with Crippen molar-refractivity contribution in [3.05, 3.63) is 310 Å². The quantitative estimate of drug-likeness (QED) is 0.153. The summed E-state index contributed by atoms with van der Waals surface area (Å²) in [5.74, 6) is 0. The summed E-state index contributed by atoms with van der Waals surface area (Å²) >= 11 is 1.71. The fourth-order valence-corrected chi connectivity index (χ4v) is 14.9. The molecule has 0 spiro atoms. The monoisotopic (exact) mass is 1950 g/mol. The Bertz CT molecular complexity index is 5420. The van der Waals surface area contributed by atoms with Crippen LogP contribution >= 0.6 is 11.3 Å². The van der Waals surface area contributed by atoms with Crippen LogP contribution in [0, 0.1) is 0 Å². The molecule has 0 saturated carbocycles. The number of thiazole rings is 1. The number of aromatic amines is 2. The molecule has 0 atom stereocenters. The molecule has 142 heavy (non-hydrogen) atoms. The molecule has 0 saturated heterocycles. The summed E-state index contributed by atoms with van der Waals surface area (Å²) < 4.78 is 11.7. The number of fused-ring (bicyclic) bond motifs is 9. The molecule has 16 aromatic rings. The molecule has 11 heteroatoms. The van der Waals surface area contributed by atoms with Gasteiger partial charge < -0.3 is 8.83 Å². The van der Waals surface area contributed by atoms with Gasteiger partial charge in [-0.2, -0.15) is 10.2 Å². The molecule has 0 bridgehead atoms. The number of nitrogens with zero attached hydrogens (tertiary/aromatic N) is 6. The summed E-state index contributed by atoms with van der Waals surface area (Å²) in [6.45, 7) is 104. The highest BCUT2D eigenvalue weighted by molar-refractivity contribution is 7.16. The highest BCUT2D eigenvalue weighted by atomic mass is 32.1. The van der Waals surface area contributed by atoms with Crippen LogP contribution in [0.5, 0.6) is 0 Å². The molecule has 0 amide bonds. The average molecular weight is 1950 g/mol. The lowest BCUT2D eigenvalue weighted by molar-refractivity contribution is 0.570. The van der Waals surface area contributed by atoms with Crippen LogP contribution in [-0.2, 0) is 74.4 Å². The van der Waals surface area contributed by atoms with Crippen molar-refractivity contribution in [3.63, 3.8) is 0 Å². The summed E-state index contributed by atoms with van der Waals surface area (Å²) in [5.41, 5.74) is 29.3. The Kier molecular flexibility index (Phi) is 62.6. The number of nitrogens with one attached hydrogen (secondary N) is 2. The summed E-state index contributed by atoms with van der Waals surface area (Å²) in [4.78, 5) is 16.9. The Labute approximate surface area is 872 Å². The first kappa shape index (κ1) is 134. The van der Waals surface area contributed by atoms with Crippen LogP contribution in [0.1, 0.15) is 431 Å². The van der Waals surface area contributed by atoms with E-state index < -0.39 is 0 Å². The van der Waals surface area contributed by atoms with Gasteiger partial charge in [-0.1, -0.05) is 479 Å². The first-order chi connectivity index (χ1) is 67.1. The number of hydrogen-bond donors (Lipinski definition) is 2. The molecule has 0 aliphatic heterocycles. The Morgan fingerprint density at radius 1 is 0.232 bits per heavy atom. The maximum Gasteiger partial charge on any atom is 0.181 e. The minimum atomic E-state index is 0.129. The second kappa shape index (κ2) is 66.5. The molecule has 6 heterocycles. The van der Waals surface area contributed by atoms with Gasteiger partial charge in [-0.15, -0.1) is 11.3 Å². The van der Waals surface area contributed by atoms with E-state index in [2.05, 4.69) is 409 Å². The normalized spacial score (nSPS) is 11.5. The molecule has 2 aliphatic rings. The van der Waals surface area contributed by atoms with Crippen LogP contribution in [0.25, 0.3) is 75.8 Å². The zero-order valence-corrected chi connectivity index (χ0v) is 100. The van der Waals surface area contributed by atoms with Crippen LogP contribution in [0.15, 0.2) is 246 Å². The predicted octanol–water partition coefficient (Wildman–Crippen LogP) is 41.9. The third kappa shape index (κ3) is 45.3. The van der Waals surface area contributed by atoms with Gasteiger partial charge in [0.25, 0.3) is 0 Å². The first-order valence-corrected chi connectivity index (χ1v) is 55.0. The Balaban J connectivity index is 0. The van der Waals surface area contributed by atoms with Crippen molar-refractivity contribution in [2.45, 2.75) is 433 Å². The minimum Gasteiger partial charge on any atom is -0.443 e. The second-order valence-corrected chi connectivity index (χ2v) is 42.6. The molecular weight excluding hydrogens is 1750 g/mol. The fourth-order valence-electron chi connectivity index (χ4n) is 14.2. The summed E-state index contributed by atoms with van der Waals surface area (Å²) in [7, 11) is 0. The maximum absolute atomic E-state index is 5.24. The van der Waals surface area contributed by atoms with Gasteiger partial charge in [0.15, 0.2) is 24.0 Å². The van der Waals surface area contributed by atoms with Gasteiger partial charge in [-0.25, -0.2) is 15.0 Å². The van der Waals surface area contributed by atoms with Gasteiger partial charge in [0.05, 0.1) is 39.2 Å². The van der Waals surface area contributed by atoms with Crippen molar-refractivity contribution in [1.29, 1.82) is 0 Å². The number of pyridine rings is 1. The molecule has 0 unspecified atom stereocenters. The Hall–Kier alpha value is -10.4. The minimum absolute atomic E-state index is 0.129. The van der Waals surface area contributed by atoms with Crippen molar-refractivity contribution in [2.75, 3.05) is 0 Å². The molecule has 10 aromatic carbocycles. The smallest absolute Gasteiger partial charge is 0.181 e. The Morgan fingerprint density at radius 2 is 0.570 bits per heavy atom. The van der Waals surface area contributed by atoms with Gasteiger partial charge in [0.1, 0.15) is 11.0 Å². The predicted molar refractivity (Wildman–Crippen MR) is 640 cm³/mol. The fraction of sp³-hybridized carbons (Fsp3) is 0.496. The molecule has 10 nitrogen and oxygen atoms in total. The van der Waals surface area contributed by atoms with Gasteiger partial charge in [0.2, 0.25) is 0 Å². The van der Waals surface area contributed by atoms with E-state index in [-0.39, 0.29) is 37.9 Å². The largest absolute Gasteiger partial charge is 0.443 e. The summed E-state index contributed by atoms with van der Waals surface area (Å²) in [6.07, 6.45) is 17.9. The van der Waals surface area contributed by atoms with E-state index in [1.54, 1.807) is 33.6 Å². The Morgan fingerprint density at radius 3 is 1.05 bits per heavy atom. The third-order valence-corrected chi connectivity index (χ3v) is 23.2. The number of benzene rings is 10. The molecule has 784 valence electrons. The van der Waals surface area contributed by atoms with Crippen LogP contribution in [0.2, 0.25) is 0 Å². The highest BCUT2D eigenvalue weighted by Crippen LogP contribution is 2.35. The van der Waals surface area contributed by atoms with E-state index in [0.717, 1.165) is 44.4 Å². The lowest BCUT2D eigenvalue weighted by Gasteiger charge is -2.23. The van der Waals surface area contributed by atoms with Crippen LogP contribution < -0.4 is 0 Å². The number of aromatic nitrogens is 8. The molecule has 6 aromatic heterocycles. The van der Waals surface area contributed by atoms with E-state index in [1.165, 1.54) is 139 Å². The van der Waals surface area contributed by atoms with Crippen LogP contribution in [0.4, 0.5) is 0 Å².